The van der Waals surface area contributed by atoms with E-state index < -0.39 is 0 Å². The number of hydrogen-bond acceptors (Lipinski definition) is 2. The molecule has 1 aromatic carbocycles. The zero-order chi connectivity index (χ0) is 13.1. The summed E-state index contributed by atoms with van der Waals surface area (Å²) in [6.07, 6.45) is 0. The van der Waals surface area contributed by atoms with Crippen LogP contribution < -0.4 is 10.1 Å². The van der Waals surface area contributed by atoms with Crippen molar-refractivity contribution in [3.63, 3.8) is 0 Å². The number of hydrogen-bond donors (Lipinski definition) is 1. The standard InChI is InChI=1S/C17H15NO/c1-19-17-10-8-15(9-11-17)18-16-7-3-5-13-4-2-6-14(13)12-16/h2-12,18H,1H3. The molecule has 2 heteroatoms. The van der Waals surface area contributed by atoms with E-state index in [1.807, 2.05) is 24.3 Å². The Morgan fingerprint density at radius 3 is 2.16 bits per heavy atom. The van der Waals surface area contributed by atoms with Gasteiger partial charge in [0.15, 0.2) is 0 Å². The predicted molar refractivity (Wildman–Crippen MR) is 79.3 cm³/mol. The predicted octanol–water partition coefficient (Wildman–Crippen LogP) is 4.54. The Balaban J connectivity index is 1.88. The van der Waals surface area contributed by atoms with Crippen molar-refractivity contribution >= 4 is 11.4 Å². The molecular weight excluding hydrogens is 234 g/mol. The highest BCUT2D eigenvalue weighted by Gasteiger charge is 2.01. The van der Waals surface area contributed by atoms with E-state index in [0.29, 0.717) is 0 Å². The third-order valence-electron chi connectivity index (χ3n) is 3.13. The monoisotopic (exact) mass is 249 g/mol. The van der Waals surface area contributed by atoms with Gasteiger partial charge in [0.25, 0.3) is 0 Å². The van der Waals surface area contributed by atoms with Gasteiger partial charge in [0, 0.05) is 11.4 Å². The normalized spacial score (nSPS) is 10.4. The fourth-order valence-corrected chi connectivity index (χ4v) is 2.12. The van der Waals surface area contributed by atoms with Crippen LogP contribution in [0.15, 0.2) is 66.7 Å². The SMILES string of the molecule is COc1ccc(Nc2cccc3cccc-3c2)cc1. The Morgan fingerprint density at radius 2 is 1.42 bits per heavy atom. The topological polar surface area (TPSA) is 21.3 Å². The van der Waals surface area contributed by atoms with Crippen molar-refractivity contribution < 1.29 is 4.74 Å². The molecule has 0 aromatic heterocycles. The first-order chi connectivity index (χ1) is 9.35. The lowest BCUT2D eigenvalue weighted by Crippen LogP contribution is -1.89. The van der Waals surface area contributed by atoms with Gasteiger partial charge < -0.3 is 10.1 Å². The van der Waals surface area contributed by atoms with Crippen molar-refractivity contribution in [1.29, 1.82) is 0 Å². The van der Waals surface area contributed by atoms with Crippen molar-refractivity contribution in [2.24, 2.45) is 0 Å². The number of nitrogens with one attached hydrogen (secondary N) is 1. The molecule has 3 rings (SSSR count). The first-order valence-corrected chi connectivity index (χ1v) is 6.25. The molecule has 0 spiro atoms. The van der Waals surface area contributed by atoms with E-state index in [0.717, 1.165) is 17.1 Å². The average Bonchev–Trinajstić information content (AvgIpc) is 2.79. The molecule has 0 radical (unpaired) electrons. The van der Waals surface area contributed by atoms with Crippen LogP contribution in [0.4, 0.5) is 11.4 Å². The van der Waals surface area contributed by atoms with Crippen molar-refractivity contribution in [2.45, 2.75) is 0 Å². The van der Waals surface area contributed by atoms with Gasteiger partial charge in [0.2, 0.25) is 0 Å². The summed E-state index contributed by atoms with van der Waals surface area (Å²) < 4.78 is 5.15. The van der Waals surface area contributed by atoms with Gasteiger partial charge in [-0.2, -0.15) is 0 Å². The third kappa shape index (κ3) is 2.52. The maximum Gasteiger partial charge on any atom is 0.119 e. The maximum atomic E-state index is 5.15. The second-order valence-corrected chi connectivity index (χ2v) is 4.42. The smallest absolute Gasteiger partial charge is 0.119 e. The van der Waals surface area contributed by atoms with Crippen LogP contribution in [0.1, 0.15) is 0 Å². The van der Waals surface area contributed by atoms with E-state index >= 15 is 0 Å². The van der Waals surface area contributed by atoms with Gasteiger partial charge in [0.1, 0.15) is 5.75 Å². The van der Waals surface area contributed by atoms with E-state index in [9.17, 15) is 0 Å². The van der Waals surface area contributed by atoms with Gasteiger partial charge in [-0.15, -0.1) is 0 Å². The van der Waals surface area contributed by atoms with Crippen molar-refractivity contribution in [1.82, 2.24) is 0 Å². The van der Waals surface area contributed by atoms with Gasteiger partial charge in [-0.05, 0) is 47.5 Å². The zero-order valence-corrected chi connectivity index (χ0v) is 10.8. The summed E-state index contributed by atoms with van der Waals surface area (Å²) in [7, 11) is 1.67. The first kappa shape index (κ1) is 11.6. The largest absolute Gasteiger partial charge is 0.497 e. The number of methoxy groups -OCH3 is 1. The fourth-order valence-electron chi connectivity index (χ4n) is 2.12. The van der Waals surface area contributed by atoms with Crippen LogP contribution in [-0.4, -0.2) is 7.11 Å². The molecule has 94 valence electrons. The lowest BCUT2D eigenvalue weighted by molar-refractivity contribution is 0.415. The number of fused-ring (bicyclic) bond motifs is 1. The first-order valence-electron chi connectivity index (χ1n) is 6.25. The Morgan fingerprint density at radius 1 is 0.737 bits per heavy atom. The molecular formula is C17H15NO. The Bertz CT molecular complexity index is 646. The van der Waals surface area contributed by atoms with Crippen LogP contribution in [0, 0.1) is 0 Å². The molecule has 19 heavy (non-hydrogen) atoms. The summed E-state index contributed by atoms with van der Waals surface area (Å²) in [5, 5.41) is 3.40. The summed E-state index contributed by atoms with van der Waals surface area (Å²) >= 11 is 0. The second-order valence-electron chi connectivity index (χ2n) is 4.42. The van der Waals surface area contributed by atoms with E-state index in [1.165, 1.54) is 11.1 Å². The van der Waals surface area contributed by atoms with Crippen LogP contribution in [0.25, 0.3) is 11.1 Å². The van der Waals surface area contributed by atoms with Crippen LogP contribution in [0.3, 0.4) is 0 Å². The maximum absolute atomic E-state index is 5.15. The van der Waals surface area contributed by atoms with Gasteiger partial charge >= 0.3 is 0 Å². The highest BCUT2D eigenvalue weighted by molar-refractivity contribution is 5.72. The zero-order valence-electron chi connectivity index (χ0n) is 10.8. The number of rotatable bonds is 3. The minimum atomic E-state index is 0.864. The van der Waals surface area contributed by atoms with Crippen LogP contribution in [0.2, 0.25) is 0 Å². The molecule has 1 N–H and O–H groups in total. The van der Waals surface area contributed by atoms with E-state index in [2.05, 4.69) is 47.8 Å². The summed E-state index contributed by atoms with van der Waals surface area (Å²) in [6, 6.07) is 22.6. The van der Waals surface area contributed by atoms with Crippen LogP contribution in [-0.2, 0) is 0 Å². The van der Waals surface area contributed by atoms with Crippen LogP contribution >= 0.6 is 0 Å². The van der Waals surface area contributed by atoms with Crippen molar-refractivity contribution in [3.05, 3.63) is 66.7 Å². The molecule has 0 amide bonds. The molecule has 0 atom stereocenters. The Kier molecular flexibility index (Phi) is 3.07. The molecule has 2 aliphatic carbocycles. The minimum Gasteiger partial charge on any atom is -0.497 e. The summed E-state index contributed by atoms with van der Waals surface area (Å²) in [6.45, 7) is 0. The average molecular weight is 249 g/mol. The second kappa shape index (κ2) is 5.02. The summed E-state index contributed by atoms with van der Waals surface area (Å²) in [4.78, 5) is 0. The molecule has 0 fully saturated rings. The van der Waals surface area contributed by atoms with Crippen molar-refractivity contribution in [2.75, 3.05) is 12.4 Å². The lowest BCUT2D eigenvalue weighted by Gasteiger charge is -2.06. The van der Waals surface area contributed by atoms with Crippen molar-refractivity contribution in [3.8, 4) is 16.9 Å². The molecule has 2 aliphatic rings. The van der Waals surface area contributed by atoms with Gasteiger partial charge in [-0.25, -0.2) is 0 Å². The van der Waals surface area contributed by atoms with E-state index in [1.54, 1.807) is 7.11 Å². The highest BCUT2D eigenvalue weighted by atomic mass is 16.5. The molecule has 0 heterocycles. The molecule has 0 aliphatic heterocycles. The van der Waals surface area contributed by atoms with E-state index in [4.69, 9.17) is 4.74 Å². The van der Waals surface area contributed by atoms with Crippen LogP contribution in [0.5, 0.6) is 5.75 Å². The Labute approximate surface area is 113 Å². The van der Waals surface area contributed by atoms with Gasteiger partial charge in [0.05, 0.1) is 7.11 Å². The lowest BCUT2D eigenvalue weighted by atomic mass is 10.2. The molecule has 0 unspecified atom stereocenters. The molecule has 0 saturated heterocycles. The van der Waals surface area contributed by atoms with E-state index in [-0.39, 0.29) is 0 Å². The third-order valence-corrected chi connectivity index (χ3v) is 3.13. The molecule has 1 aromatic rings. The quantitative estimate of drug-likeness (QED) is 0.735. The minimum absolute atomic E-state index is 0.864. The summed E-state index contributed by atoms with van der Waals surface area (Å²) in [5.74, 6) is 0.864. The number of anilines is 2. The highest BCUT2D eigenvalue weighted by Crippen LogP contribution is 2.26. The Hall–Kier alpha value is -2.48. The molecule has 0 saturated carbocycles. The molecule has 0 bridgehead atoms. The fraction of sp³-hybridized carbons (Fsp3) is 0.0588. The van der Waals surface area contributed by atoms with Gasteiger partial charge in [-0.3, -0.25) is 0 Å². The molecule has 2 nitrogen and oxygen atoms in total. The van der Waals surface area contributed by atoms with Gasteiger partial charge in [-0.1, -0.05) is 30.3 Å². The number of benzene rings is 1. The number of ether oxygens (including phenoxy) is 1. The summed E-state index contributed by atoms with van der Waals surface area (Å²) in [5.41, 5.74) is 4.61.